The number of aryl methyl sites for hydroxylation is 2. The number of aliphatic hydroxyl groups is 1. The van der Waals surface area contributed by atoms with Crippen molar-refractivity contribution in [2.75, 3.05) is 24.6 Å². The average molecular weight is 353 g/mol. The summed E-state index contributed by atoms with van der Waals surface area (Å²) in [5.74, 6) is 0.636. The van der Waals surface area contributed by atoms with Gasteiger partial charge in [0.05, 0.1) is 17.4 Å². The fourth-order valence-corrected chi connectivity index (χ4v) is 3.99. The van der Waals surface area contributed by atoms with E-state index >= 15 is 0 Å². The summed E-state index contributed by atoms with van der Waals surface area (Å²) in [5.41, 5.74) is 2.66. The van der Waals surface area contributed by atoms with Crippen LogP contribution in [0.4, 0.5) is 5.82 Å². The lowest BCUT2D eigenvalue weighted by molar-refractivity contribution is 0.225. The van der Waals surface area contributed by atoms with E-state index in [1.165, 1.54) is 0 Å². The van der Waals surface area contributed by atoms with Crippen LogP contribution in [0.5, 0.6) is 0 Å². The summed E-state index contributed by atoms with van der Waals surface area (Å²) in [5, 5.41) is 9.87. The van der Waals surface area contributed by atoms with Crippen LogP contribution >= 0.6 is 0 Å². The van der Waals surface area contributed by atoms with Gasteiger partial charge in [0.2, 0.25) is 0 Å². The lowest BCUT2D eigenvalue weighted by Crippen LogP contribution is -2.32. The summed E-state index contributed by atoms with van der Waals surface area (Å²) in [6.07, 6.45) is 3.61. The number of fused-ring (bicyclic) bond motifs is 1. The van der Waals surface area contributed by atoms with Gasteiger partial charge in [-0.25, -0.2) is 9.97 Å². The van der Waals surface area contributed by atoms with Crippen molar-refractivity contribution in [2.24, 2.45) is 13.0 Å². The van der Waals surface area contributed by atoms with Crippen molar-refractivity contribution in [3.63, 3.8) is 0 Å². The quantitative estimate of drug-likeness (QED) is 0.766. The van der Waals surface area contributed by atoms with Crippen LogP contribution in [0.15, 0.2) is 41.6 Å². The minimum atomic E-state index is -0.0754. The van der Waals surface area contributed by atoms with Gasteiger partial charge >= 0.3 is 0 Å². The minimum Gasteiger partial charge on any atom is -0.396 e. The Morgan fingerprint density at radius 1 is 1.27 bits per heavy atom. The zero-order valence-electron chi connectivity index (χ0n) is 15.0. The molecule has 7 heteroatoms. The Morgan fingerprint density at radius 2 is 2.08 bits per heavy atom. The van der Waals surface area contributed by atoms with Gasteiger partial charge in [-0.05, 0) is 19.1 Å². The molecule has 1 aliphatic rings. The number of benzene rings is 1. The Labute approximate surface area is 151 Å². The normalized spacial score (nSPS) is 20.2. The van der Waals surface area contributed by atoms with E-state index in [-0.39, 0.29) is 24.0 Å². The summed E-state index contributed by atoms with van der Waals surface area (Å²) >= 11 is 0. The number of rotatable bonds is 4. The van der Waals surface area contributed by atoms with Crippen LogP contribution in [0.1, 0.15) is 18.5 Å². The molecule has 7 nitrogen and oxygen atoms in total. The predicted molar refractivity (Wildman–Crippen MR) is 100 cm³/mol. The van der Waals surface area contributed by atoms with Crippen molar-refractivity contribution in [3.8, 4) is 0 Å². The van der Waals surface area contributed by atoms with Crippen molar-refractivity contribution >= 4 is 16.9 Å². The van der Waals surface area contributed by atoms with Crippen LogP contribution in [-0.2, 0) is 13.6 Å². The van der Waals surface area contributed by atoms with E-state index in [9.17, 15) is 9.90 Å². The number of nitrogens with zero attached hydrogens (tertiary/aromatic N) is 5. The first-order valence-electron chi connectivity index (χ1n) is 8.95. The van der Waals surface area contributed by atoms with Crippen molar-refractivity contribution in [1.82, 2.24) is 19.1 Å². The maximum Gasteiger partial charge on any atom is 0.293 e. The van der Waals surface area contributed by atoms with E-state index in [4.69, 9.17) is 0 Å². The molecule has 0 amide bonds. The largest absolute Gasteiger partial charge is 0.396 e. The number of anilines is 1. The molecule has 3 heterocycles. The van der Waals surface area contributed by atoms with Crippen LogP contribution in [0.25, 0.3) is 11.0 Å². The molecule has 0 radical (unpaired) electrons. The van der Waals surface area contributed by atoms with Gasteiger partial charge in [0.1, 0.15) is 0 Å². The summed E-state index contributed by atoms with van der Waals surface area (Å²) in [6, 6.07) is 7.71. The van der Waals surface area contributed by atoms with E-state index < -0.39 is 0 Å². The molecule has 1 aromatic carbocycles. The first-order chi connectivity index (χ1) is 12.6. The molecule has 1 saturated heterocycles. The molecule has 0 saturated carbocycles. The Bertz CT molecular complexity index is 993. The van der Waals surface area contributed by atoms with Gasteiger partial charge in [-0.3, -0.25) is 4.79 Å². The lowest BCUT2D eigenvalue weighted by Gasteiger charge is -2.19. The molecular formula is C19H23N5O2. The molecule has 1 N–H and O–H groups in total. The van der Waals surface area contributed by atoms with Crippen molar-refractivity contribution in [2.45, 2.75) is 19.4 Å². The highest BCUT2D eigenvalue weighted by Gasteiger charge is 2.36. The second-order valence-electron chi connectivity index (χ2n) is 6.86. The Hall–Kier alpha value is -2.67. The van der Waals surface area contributed by atoms with Crippen LogP contribution in [-0.4, -0.2) is 43.9 Å². The lowest BCUT2D eigenvalue weighted by atomic mass is 9.94. The Balaban J connectivity index is 1.78. The monoisotopic (exact) mass is 353 g/mol. The molecule has 136 valence electrons. The van der Waals surface area contributed by atoms with Gasteiger partial charge < -0.3 is 19.1 Å². The molecule has 0 unspecified atom stereocenters. The summed E-state index contributed by atoms with van der Waals surface area (Å²) in [6.45, 7) is 3.89. The molecule has 1 fully saturated rings. The fraction of sp³-hybridized carbons (Fsp3) is 0.421. The summed E-state index contributed by atoms with van der Waals surface area (Å²) in [7, 11) is 1.96. The van der Waals surface area contributed by atoms with Gasteiger partial charge in [0.25, 0.3) is 5.56 Å². The van der Waals surface area contributed by atoms with Crippen molar-refractivity contribution in [3.05, 3.63) is 52.8 Å². The predicted octanol–water partition coefficient (Wildman–Crippen LogP) is 1.36. The fourth-order valence-electron chi connectivity index (χ4n) is 3.99. The first kappa shape index (κ1) is 16.8. The molecule has 1 aliphatic heterocycles. The average Bonchev–Trinajstić information content (AvgIpc) is 3.26. The summed E-state index contributed by atoms with van der Waals surface area (Å²) in [4.78, 5) is 23.9. The van der Waals surface area contributed by atoms with Crippen molar-refractivity contribution in [1.29, 1.82) is 0 Å². The number of para-hydroxylation sites is 2. The molecule has 2 atom stereocenters. The highest BCUT2D eigenvalue weighted by Crippen LogP contribution is 2.33. The van der Waals surface area contributed by atoms with E-state index in [0.717, 1.165) is 16.7 Å². The van der Waals surface area contributed by atoms with Crippen LogP contribution in [0.3, 0.4) is 0 Å². The van der Waals surface area contributed by atoms with E-state index in [1.54, 1.807) is 10.9 Å². The first-order valence-corrected chi connectivity index (χ1v) is 8.95. The molecule has 26 heavy (non-hydrogen) atoms. The molecule has 0 aliphatic carbocycles. The van der Waals surface area contributed by atoms with E-state index in [2.05, 4.69) is 9.97 Å². The number of hydrogen-bond acceptors (Lipinski definition) is 5. The number of imidazole rings is 1. The van der Waals surface area contributed by atoms with Gasteiger partial charge in [-0.1, -0.05) is 12.1 Å². The molecule has 3 aromatic rings. The third-order valence-electron chi connectivity index (χ3n) is 5.36. The maximum atomic E-state index is 13.0. The Kier molecular flexibility index (Phi) is 4.24. The third kappa shape index (κ3) is 2.59. The van der Waals surface area contributed by atoms with Gasteiger partial charge in [0, 0.05) is 57.0 Å². The van der Waals surface area contributed by atoms with Gasteiger partial charge in [0.15, 0.2) is 5.82 Å². The van der Waals surface area contributed by atoms with Gasteiger partial charge in [-0.2, -0.15) is 0 Å². The van der Waals surface area contributed by atoms with Crippen LogP contribution in [0, 0.1) is 5.92 Å². The molecule has 4 rings (SSSR count). The smallest absolute Gasteiger partial charge is 0.293 e. The SMILES string of the molecule is CCn1c(=O)c(N2C[C@@H](CO)[C@H](c3cncn3C)C2)nc2ccccc21. The van der Waals surface area contributed by atoms with Crippen LogP contribution < -0.4 is 10.5 Å². The maximum absolute atomic E-state index is 13.0. The topological polar surface area (TPSA) is 76.2 Å². The number of aromatic nitrogens is 4. The summed E-state index contributed by atoms with van der Waals surface area (Å²) < 4.78 is 3.75. The zero-order valence-corrected chi connectivity index (χ0v) is 15.0. The van der Waals surface area contributed by atoms with E-state index in [0.29, 0.717) is 25.5 Å². The van der Waals surface area contributed by atoms with Crippen molar-refractivity contribution < 1.29 is 5.11 Å². The standard InChI is InChI=1S/C19H23N5O2/c1-3-24-16-7-5-4-6-15(16)21-18(19(24)26)23-9-13(11-25)14(10-23)17-8-20-12-22(17)2/h4-8,12-14,25H,3,9-11H2,1-2H3/t13-,14+/m0/s1. The molecular weight excluding hydrogens is 330 g/mol. The highest BCUT2D eigenvalue weighted by atomic mass is 16.3. The second-order valence-corrected chi connectivity index (χ2v) is 6.86. The third-order valence-corrected chi connectivity index (χ3v) is 5.36. The van der Waals surface area contributed by atoms with E-state index in [1.807, 2.05) is 53.9 Å². The second kappa shape index (κ2) is 6.57. The van der Waals surface area contributed by atoms with Crippen LogP contribution in [0.2, 0.25) is 0 Å². The number of aliphatic hydroxyl groups excluding tert-OH is 1. The molecule has 2 aromatic heterocycles. The zero-order chi connectivity index (χ0) is 18.3. The highest BCUT2D eigenvalue weighted by molar-refractivity contribution is 5.76. The Morgan fingerprint density at radius 3 is 2.77 bits per heavy atom. The number of hydrogen-bond donors (Lipinski definition) is 1. The van der Waals surface area contributed by atoms with Gasteiger partial charge in [-0.15, -0.1) is 0 Å². The molecule has 0 bridgehead atoms. The minimum absolute atomic E-state index is 0.0492. The molecule has 0 spiro atoms.